The van der Waals surface area contributed by atoms with Gasteiger partial charge in [0.1, 0.15) is 17.7 Å². The third-order valence-corrected chi connectivity index (χ3v) is 5.57. The van der Waals surface area contributed by atoms with Crippen molar-refractivity contribution in [2.75, 3.05) is 5.01 Å². The summed E-state index contributed by atoms with van der Waals surface area (Å²) in [6.45, 7) is 1.84. The molecular weight excluding hydrogens is 415 g/mol. The van der Waals surface area contributed by atoms with Crippen LogP contribution in [0.5, 0.6) is 0 Å². The van der Waals surface area contributed by atoms with Crippen molar-refractivity contribution in [2.45, 2.75) is 25.6 Å². The summed E-state index contributed by atoms with van der Waals surface area (Å²) in [7, 11) is 0. The summed E-state index contributed by atoms with van der Waals surface area (Å²) in [6.07, 6.45) is 0.247. The standard InChI is InChI=1S/C21H16F3N3O2S/c1-11-4-2-3-5-14(11)18-19(24)30-21(26-18)27(17-9-16(17)23)25-10-12-6-7-13(22)8-15(12)20(28)29/h2-8,10,16-17H,9H2,1H3,(H,28,29)/b25-10+. The van der Waals surface area contributed by atoms with Gasteiger partial charge in [0, 0.05) is 17.5 Å². The minimum atomic E-state index is -1.32. The summed E-state index contributed by atoms with van der Waals surface area (Å²) in [5.41, 5.74) is 1.48. The topological polar surface area (TPSA) is 65.8 Å². The predicted octanol–water partition coefficient (Wildman–Crippen LogP) is 5.05. The zero-order chi connectivity index (χ0) is 21.4. The number of anilines is 1. The van der Waals surface area contributed by atoms with E-state index in [0.717, 1.165) is 29.0 Å². The van der Waals surface area contributed by atoms with Crippen molar-refractivity contribution in [3.05, 3.63) is 70.1 Å². The summed E-state index contributed by atoms with van der Waals surface area (Å²) in [5.74, 6) is -2.02. The highest BCUT2D eigenvalue weighted by molar-refractivity contribution is 7.14. The number of aromatic carboxylic acids is 1. The highest BCUT2D eigenvalue weighted by Crippen LogP contribution is 2.40. The summed E-state index contributed by atoms with van der Waals surface area (Å²) >= 11 is 0.736. The van der Waals surface area contributed by atoms with Crippen LogP contribution in [-0.2, 0) is 0 Å². The Labute approximate surface area is 174 Å². The number of rotatable bonds is 6. The van der Waals surface area contributed by atoms with Crippen LogP contribution in [0.4, 0.5) is 18.3 Å². The second kappa shape index (κ2) is 7.91. The van der Waals surface area contributed by atoms with E-state index < -0.39 is 29.1 Å². The van der Waals surface area contributed by atoms with Crippen molar-refractivity contribution < 1.29 is 23.1 Å². The van der Waals surface area contributed by atoms with Crippen LogP contribution in [0, 0.1) is 17.9 Å². The number of aromatic nitrogens is 1. The van der Waals surface area contributed by atoms with Crippen molar-refractivity contribution in [1.82, 2.24) is 4.98 Å². The van der Waals surface area contributed by atoms with E-state index >= 15 is 0 Å². The van der Waals surface area contributed by atoms with E-state index in [1.165, 1.54) is 17.3 Å². The highest BCUT2D eigenvalue weighted by Gasteiger charge is 2.44. The van der Waals surface area contributed by atoms with Gasteiger partial charge in [-0.25, -0.2) is 23.6 Å². The van der Waals surface area contributed by atoms with Crippen LogP contribution >= 0.6 is 11.3 Å². The normalized spacial score (nSPS) is 18.0. The van der Waals surface area contributed by atoms with Gasteiger partial charge in [-0.1, -0.05) is 35.6 Å². The van der Waals surface area contributed by atoms with Gasteiger partial charge in [-0.15, -0.1) is 0 Å². The fourth-order valence-corrected chi connectivity index (χ4v) is 3.85. The van der Waals surface area contributed by atoms with Crippen LogP contribution in [0.25, 0.3) is 11.3 Å². The van der Waals surface area contributed by atoms with Crippen LogP contribution in [0.3, 0.4) is 0 Å². The second-order valence-electron chi connectivity index (χ2n) is 6.88. The third kappa shape index (κ3) is 3.93. The summed E-state index contributed by atoms with van der Waals surface area (Å²) in [4.78, 5) is 15.7. The van der Waals surface area contributed by atoms with E-state index in [2.05, 4.69) is 10.1 Å². The molecule has 2 aromatic carbocycles. The number of carboxylic acid groups (broad SMARTS) is 1. The van der Waals surface area contributed by atoms with Gasteiger partial charge in [0.15, 0.2) is 0 Å². The molecule has 0 saturated heterocycles. The molecule has 5 nitrogen and oxygen atoms in total. The Balaban J connectivity index is 1.71. The van der Waals surface area contributed by atoms with E-state index in [1.807, 2.05) is 19.1 Å². The van der Waals surface area contributed by atoms with Gasteiger partial charge in [0.25, 0.3) is 0 Å². The molecule has 1 heterocycles. The molecule has 3 aromatic rings. The smallest absolute Gasteiger partial charge is 0.336 e. The van der Waals surface area contributed by atoms with Crippen molar-refractivity contribution in [3.8, 4) is 11.3 Å². The third-order valence-electron chi connectivity index (χ3n) is 4.73. The maximum absolute atomic E-state index is 14.7. The molecule has 2 atom stereocenters. The first kappa shape index (κ1) is 20.1. The minimum Gasteiger partial charge on any atom is -0.478 e. The van der Waals surface area contributed by atoms with Crippen molar-refractivity contribution in [1.29, 1.82) is 0 Å². The SMILES string of the molecule is Cc1ccccc1-c1nc(N(/N=C/c2ccc(F)cc2C(=O)O)C2CC2F)sc1F. The summed E-state index contributed by atoms with van der Waals surface area (Å²) < 4.78 is 41.9. The van der Waals surface area contributed by atoms with Gasteiger partial charge in [-0.2, -0.15) is 9.49 Å². The van der Waals surface area contributed by atoms with E-state index in [0.29, 0.717) is 5.56 Å². The van der Waals surface area contributed by atoms with Crippen molar-refractivity contribution in [2.24, 2.45) is 5.10 Å². The lowest BCUT2D eigenvalue weighted by Crippen LogP contribution is -2.21. The van der Waals surface area contributed by atoms with E-state index in [4.69, 9.17) is 0 Å². The number of alkyl halides is 1. The van der Waals surface area contributed by atoms with Gasteiger partial charge in [0.2, 0.25) is 10.3 Å². The Morgan fingerprint density at radius 1 is 1.30 bits per heavy atom. The molecule has 0 spiro atoms. The highest BCUT2D eigenvalue weighted by atomic mass is 32.1. The molecule has 0 bridgehead atoms. The maximum Gasteiger partial charge on any atom is 0.336 e. The van der Waals surface area contributed by atoms with Gasteiger partial charge >= 0.3 is 5.97 Å². The van der Waals surface area contributed by atoms with E-state index in [1.54, 1.807) is 12.1 Å². The molecule has 1 N–H and O–H groups in total. The average molecular weight is 431 g/mol. The molecule has 9 heteroatoms. The molecule has 1 aliphatic rings. The van der Waals surface area contributed by atoms with Gasteiger partial charge in [-0.3, -0.25) is 0 Å². The Morgan fingerprint density at radius 2 is 2.03 bits per heavy atom. The Hall–Kier alpha value is -3.20. The van der Waals surface area contributed by atoms with Crippen LogP contribution in [-0.4, -0.2) is 34.5 Å². The lowest BCUT2D eigenvalue weighted by Gasteiger charge is -2.14. The number of aryl methyl sites for hydroxylation is 1. The van der Waals surface area contributed by atoms with Gasteiger partial charge in [-0.05, 0) is 30.7 Å². The lowest BCUT2D eigenvalue weighted by atomic mass is 10.1. The van der Waals surface area contributed by atoms with Crippen molar-refractivity contribution in [3.63, 3.8) is 0 Å². The number of carboxylic acids is 1. The van der Waals surface area contributed by atoms with E-state index in [9.17, 15) is 23.1 Å². The molecule has 2 unspecified atom stereocenters. The molecule has 30 heavy (non-hydrogen) atoms. The van der Waals surface area contributed by atoms with Crippen LogP contribution in [0.15, 0.2) is 47.6 Å². The largest absolute Gasteiger partial charge is 0.478 e. The quantitative estimate of drug-likeness (QED) is 0.438. The first-order chi connectivity index (χ1) is 14.3. The molecule has 4 rings (SSSR count). The molecule has 1 aliphatic carbocycles. The fraction of sp³-hybridized carbons (Fsp3) is 0.190. The fourth-order valence-electron chi connectivity index (χ4n) is 3.03. The predicted molar refractivity (Wildman–Crippen MR) is 109 cm³/mol. The molecule has 154 valence electrons. The molecule has 1 saturated carbocycles. The number of carbonyl (C=O) groups is 1. The number of halogens is 3. The minimum absolute atomic E-state index is 0.140. The Bertz CT molecular complexity index is 1150. The number of benzene rings is 2. The number of hydrogen-bond donors (Lipinski definition) is 1. The molecule has 1 aromatic heterocycles. The zero-order valence-electron chi connectivity index (χ0n) is 15.7. The first-order valence-electron chi connectivity index (χ1n) is 9.07. The van der Waals surface area contributed by atoms with Gasteiger partial charge in [0.05, 0.1) is 17.8 Å². The number of hydrogen-bond acceptors (Lipinski definition) is 5. The Morgan fingerprint density at radius 3 is 2.70 bits per heavy atom. The lowest BCUT2D eigenvalue weighted by molar-refractivity contribution is 0.0696. The molecular formula is C21H16F3N3O2S. The zero-order valence-corrected chi connectivity index (χ0v) is 16.5. The summed E-state index contributed by atoms with van der Waals surface area (Å²) in [5, 5.41) is 14.3. The first-order valence-corrected chi connectivity index (χ1v) is 9.89. The molecule has 0 aliphatic heterocycles. The average Bonchev–Trinajstić information content (AvgIpc) is 3.30. The van der Waals surface area contributed by atoms with Crippen LogP contribution in [0.1, 0.15) is 27.9 Å². The summed E-state index contributed by atoms with van der Waals surface area (Å²) in [6, 6.07) is 9.82. The van der Waals surface area contributed by atoms with E-state index in [-0.39, 0.29) is 28.4 Å². The number of hydrazone groups is 1. The van der Waals surface area contributed by atoms with Crippen molar-refractivity contribution >= 4 is 28.7 Å². The number of nitrogens with zero attached hydrogens (tertiary/aromatic N) is 3. The second-order valence-corrected chi connectivity index (χ2v) is 7.81. The molecule has 0 amide bonds. The Kier molecular flexibility index (Phi) is 5.29. The van der Waals surface area contributed by atoms with Gasteiger partial charge < -0.3 is 5.11 Å². The van der Waals surface area contributed by atoms with Crippen LogP contribution < -0.4 is 5.01 Å². The number of thiazole rings is 1. The monoisotopic (exact) mass is 431 g/mol. The molecule has 1 fully saturated rings. The molecule has 0 radical (unpaired) electrons. The maximum atomic E-state index is 14.7. The van der Waals surface area contributed by atoms with Crippen LogP contribution in [0.2, 0.25) is 0 Å².